The number of nitrogens with zero attached hydrogens (tertiary/aromatic N) is 2. The van der Waals surface area contributed by atoms with E-state index in [0.29, 0.717) is 15.9 Å². The Morgan fingerprint density at radius 2 is 1.77 bits per heavy atom. The van der Waals surface area contributed by atoms with Gasteiger partial charge in [-0.2, -0.15) is 4.99 Å². The number of thiocarbonyl (C=S) groups is 1. The molecule has 0 aliphatic carbocycles. The third-order valence-electron chi connectivity index (χ3n) is 3.70. The summed E-state index contributed by atoms with van der Waals surface area (Å²) in [6.45, 7) is 0. The fourth-order valence-corrected chi connectivity index (χ4v) is 3.61. The fourth-order valence-electron chi connectivity index (χ4n) is 2.35. The number of rotatable bonds is 2. The number of carbonyl (C=O) groups is 2. The summed E-state index contributed by atoms with van der Waals surface area (Å²) in [7, 11) is 3.20. The molecular formula is C18H15N3O3S2. The fraction of sp³-hybridized carbons (Fsp3) is 0.111. The molecule has 3 aromatic rings. The van der Waals surface area contributed by atoms with Crippen molar-refractivity contribution in [2.45, 2.75) is 0 Å². The average Bonchev–Trinajstić information content (AvgIpc) is 2.97. The predicted octanol–water partition coefficient (Wildman–Crippen LogP) is 2.64. The van der Waals surface area contributed by atoms with E-state index in [2.05, 4.69) is 15.0 Å². The molecule has 0 aliphatic heterocycles. The van der Waals surface area contributed by atoms with Crippen molar-refractivity contribution in [3.05, 3.63) is 64.5 Å². The maximum Gasteiger partial charge on any atom is 0.337 e. The first-order valence-corrected chi connectivity index (χ1v) is 8.85. The van der Waals surface area contributed by atoms with Crippen molar-refractivity contribution >= 4 is 50.8 Å². The zero-order valence-electron chi connectivity index (χ0n) is 14.1. The van der Waals surface area contributed by atoms with Gasteiger partial charge in [-0.1, -0.05) is 23.5 Å². The molecule has 132 valence electrons. The Balaban J connectivity index is 1.77. The molecule has 26 heavy (non-hydrogen) atoms. The molecule has 8 heteroatoms. The Kier molecular flexibility index (Phi) is 5.24. The van der Waals surface area contributed by atoms with E-state index < -0.39 is 5.97 Å². The molecule has 0 bridgehead atoms. The van der Waals surface area contributed by atoms with Crippen molar-refractivity contribution in [1.29, 1.82) is 0 Å². The molecule has 0 saturated carbocycles. The van der Waals surface area contributed by atoms with Gasteiger partial charge in [-0.3, -0.25) is 10.1 Å². The first kappa shape index (κ1) is 18.0. The number of amides is 1. The Hall–Kier alpha value is -2.84. The predicted molar refractivity (Wildman–Crippen MR) is 104 cm³/mol. The summed E-state index contributed by atoms with van der Waals surface area (Å²) in [4.78, 5) is 28.7. The largest absolute Gasteiger partial charge is 0.465 e. The molecule has 6 nitrogen and oxygen atoms in total. The number of benzene rings is 2. The second kappa shape index (κ2) is 7.59. The lowest BCUT2D eigenvalue weighted by Crippen LogP contribution is -2.29. The number of aryl methyl sites for hydroxylation is 1. The summed E-state index contributed by atoms with van der Waals surface area (Å²) in [6, 6.07) is 14.0. The zero-order chi connectivity index (χ0) is 18.7. The first-order chi connectivity index (χ1) is 12.5. The molecule has 0 fully saturated rings. The van der Waals surface area contributed by atoms with Gasteiger partial charge in [0, 0.05) is 12.6 Å². The Labute approximate surface area is 158 Å². The van der Waals surface area contributed by atoms with Gasteiger partial charge in [0.15, 0.2) is 4.80 Å². The Morgan fingerprint density at radius 3 is 2.42 bits per heavy atom. The molecular weight excluding hydrogens is 370 g/mol. The van der Waals surface area contributed by atoms with Crippen molar-refractivity contribution in [2.75, 3.05) is 7.11 Å². The van der Waals surface area contributed by atoms with Crippen molar-refractivity contribution < 1.29 is 14.3 Å². The zero-order valence-corrected chi connectivity index (χ0v) is 15.7. The van der Waals surface area contributed by atoms with Gasteiger partial charge in [0.05, 0.1) is 22.9 Å². The van der Waals surface area contributed by atoms with Gasteiger partial charge < -0.3 is 9.30 Å². The number of aromatic nitrogens is 1. The summed E-state index contributed by atoms with van der Waals surface area (Å²) in [5.74, 6) is -0.848. The number of thiazole rings is 1. The van der Waals surface area contributed by atoms with Crippen LogP contribution in [-0.2, 0) is 11.8 Å². The van der Waals surface area contributed by atoms with E-state index in [-0.39, 0.29) is 11.0 Å². The average molecular weight is 385 g/mol. The normalized spacial score (nSPS) is 11.4. The van der Waals surface area contributed by atoms with Crippen molar-refractivity contribution in [3.8, 4) is 0 Å². The van der Waals surface area contributed by atoms with Crippen LogP contribution in [0.3, 0.4) is 0 Å². The number of nitrogens with one attached hydrogen (secondary N) is 1. The molecule has 1 heterocycles. The summed E-state index contributed by atoms with van der Waals surface area (Å²) >= 11 is 6.67. The quantitative estimate of drug-likeness (QED) is 0.544. The second-order valence-electron chi connectivity index (χ2n) is 5.35. The van der Waals surface area contributed by atoms with E-state index in [1.807, 2.05) is 35.9 Å². The molecule has 1 N–H and O–H groups in total. The van der Waals surface area contributed by atoms with Crippen LogP contribution in [0.15, 0.2) is 53.5 Å². The summed E-state index contributed by atoms with van der Waals surface area (Å²) in [5.41, 5.74) is 1.79. The van der Waals surface area contributed by atoms with Crippen LogP contribution in [0.1, 0.15) is 20.7 Å². The van der Waals surface area contributed by atoms with Gasteiger partial charge in [0.1, 0.15) is 0 Å². The van der Waals surface area contributed by atoms with E-state index in [1.165, 1.54) is 42.7 Å². The number of carbonyl (C=O) groups excluding carboxylic acids is 2. The van der Waals surface area contributed by atoms with Crippen LogP contribution in [-0.4, -0.2) is 28.7 Å². The van der Waals surface area contributed by atoms with Crippen LogP contribution < -0.4 is 10.1 Å². The number of ether oxygens (including phenoxy) is 1. The van der Waals surface area contributed by atoms with Gasteiger partial charge in [-0.15, -0.1) is 0 Å². The van der Waals surface area contributed by atoms with E-state index >= 15 is 0 Å². The molecule has 0 aliphatic rings. The van der Waals surface area contributed by atoms with Gasteiger partial charge in [-0.05, 0) is 48.6 Å². The number of esters is 1. The minimum atomic E-state index is -0.459. The van der Waals surface area contributed by atoms with E-state index in [4.69, 9.17) is 12.2 Å². The van der Waals surface area contributed by atoms with E-state index in [1.54, 1.807) is 0 Å². The van der Waals surface area contributed by atoms with Crippen LogP contribution in [0.25, 0.3) is 10.2 Å². The van der Waals surface area contributed by atoms with Crippen LogP contribution in [0, 0.1) is 0 Å². The van der Waals surface area contributed by atoms with Crippen molar-refractivity contribution in [3.63, 3.8) is 0 Å². The molecule has 0 atom stereocenters. The SMILES string of the molecule is COC(=O)c1ccc(C(=O)NC(=S)/N=c2\sc3ccccc3n2C)cc1. The van der Waals surface area contributed by atoms with Crippen LogP contribution in [0.2, 0.25) is 0 Å². The molecule has 0 unspecified atom stereocenters. The third kappa shape index (κ3) is 3.71. The molecule has 0 spiro atoms. The number of methoxy groups -OCH3 is 1. The molecule has 0 saturated heterocycles. The van der Waals surface area contributed by atoms with E-state index in [9.17, 15) is 9.59 Å². The van der Waals surface area contributed by atoms with Gasteiger partial charge >= 0.3 is 5.97 Å². The summed E-state index contributed by atoms with van der Waals surface area (Å²) in [5, 5.41) is 2.66. The smallest absolute Gasteiger partial charge is 0.337 e. The summed E-state index contributed by atoms with van der Waals surface area (Å²) < 4.78 is 7.63. The topological polar surface area (TPSA) is 72.7 Å². The van der Waals surface area contributed by atoms with Crippen molar-refractivity contribution in [2.24, 2.45) is 12.0 Å². The molecule has 1 amide bonds. The van der Waals surface area contributed by atoms with Gasteiger partial charge in [0.25, 0.3) is 5.91 Å². The number of hydrogen-bond donors (Lipinski definition) is 1. The Bertz CT molecular complexity index is 1070. The minimum Gasteiger partial charge on any atom is -0.465 e. The number of para-hydroxylation sites is 1. The maximum absolute atomic E-state index is 12.3. The summed E-state index contributed by atoms with van der Waals surface area (Å²) in [6.07, 6.45) is 0. The van der Waals surface area contributed by atoms with Crippen molar-refractivity contribution in [1.82, 2.24) is 9.88 Å². The van der Waals surface area contributed by atoms with Crippen LogP contribution in [0.5, 0.6) is 0 Å². The highest BCUT2D eigenvalue weighted by Crippen LogP contribution is 2.15. The molecule has 0 radical (unpaired) electrons. The van der Waals surface area contributed by atoms with Gasteiger partial charge in [0.2, 0.25) is 5.11 Å². The van der Waals surface area contributed by atoms with E-state index in [0.717, 1.165) is 10.2 Å². The lowest BCUT2D eigenvalue weighted by atomic mass is 10.1. The molecule has 1 aromatic heterocycles. The maximum atomic E-state index is 12.3. The highest BCUT2D eigenvalue weighted by Gasteiger charge is 2.10. The highest BCUT2D eigenvalue weighted by atomic mass is 32.1. The first-order valence-electron chi connectivity index (χ1n) is 7.62. The standard InChI is InChI=1S/C18H15N3O3S2/c1-21-13-5-3-4-6-14(13)26-18(21)20-17(25)19-15(22)11-7-9-12(10-8-11)16(23)24-2/h3-10H,1-2H3,(H,19,22,25)/b20-18-. The minimum absolute atomic E-state index is 0.0780. The third-order valence-corrected chi connectivity index (χ3v) is 5.01. The van der Waals surface area contributed by atoms with Crippen LogP contribution >= 0.6 is 23.6 Å². The van der Waals surface area contributed by atoms with Crippen LogP contribution in [0.4, 0.5) is 0 Å². The number of fused-ring (bicyclic) bond motifs is 1. The lowest BCUT2D eigenvalue weighted by molar-refractivity contribution is 0.0600. The number of hydrogen-bond acceptors (Lipinski definition) is 5. The monoisotopic (exact) mass is 385 g/mol. The molecule has 2 aromatic carbocycles. The molecule has 3 rings (SSSR count). The second-order valence-corrected chi connectivity index (χ2v) is 6.75. The lowest BCUT2D eigenvalue weighted by Gasteiger charge is -2.04. The van der Waals surface area contributed by atoms with Gasteiger partial charge in [-0.25, -0.2) is 4.79 Å². The highest BCUT2D eigenvalue weighted by molar-refractivity contribution is 7.80. The Morgan fingerprint density at radius 1 is 1.12 bits per heavy atom.